The standard InChI is InChI=1S/C14H18N2O6S2/c1-11-10-22-8-7-15(11)24(20,21)13-4-2-12(3-5-13)16-14(17)6-9-23(16,18)19/h2-5,11H,6-10H2,1H3. The topological polar surface area (TPSA) is 101 Å². The van der Waals surface area contributed by atoms with Crippen molar-refractivity contribution in [2.45, 2.75) is 24.3 Å². The van der Waals surface area contributed by atoms with E-state index in [1.165, 1.54) is 28.6 Å². The predicted octanol–water partition coefficient (Wildman–Crippen LogP) is 0.163. The van der Waals surface area contributed by atoms with Crippen LogP contribution in [0.15, 0.2) is 29.2 Å². The van der Waals surface area contributed by atoms with Crippen LogP contribution in [0.25, 0.3) is 0 Å². The van der Waals surface area contributed by atoms with Crippen molar-refractivity contribution in [2.24, 2.45) is 0 Å². The smallest absolute Gasteiger partial charge is 0.243 e. The quantitative estimate of drug-likeness (QED) is 0.747. The molecule has 3 rings (SSSR count). The maximum absolute atomic E-state index is 12.7. The zero-order valence-electron chi connectivity index (χ0n) is 13.1. The van der Waals surface area contributed by atoms with Gasteiger partial charge in [-0.2, -0.15) is 4.31 Å². The minimum atomic E-state index is -3.69. The molecule has 2 aliphatic rings. The van der Waals surface area contributed by atoms with Crippen LogP contribution in [-0.4, -0.2) is 58.6 Å². The van der Waals surface area contributed by atoms with Gasteiger partial charge in [-0.25, -0.2) is 21.1 Å². The van der Waals surface area contributed by atoms with Crippen molar-refractivity contribution in [3.8, 4) is 0 Å². The van der Waals surface area contributed by atoms with Crippen LogP contribution in [0, 0.1) is 0 Å². The molecule has 0 radical (unpaired) electrons. The number of hydrogen-bond donors (Lipinski definition) is 0. The van der Waals surface area contributed by atoms with Crippen LogP contribution in [0.5, 0.6) is 0 Å². The molecule has 2 saturated heterocycles. The highest BCUT2D eigenvalue weighted by molar-refractivity contribution is 7.94. The molecule has 0 spiro atoms. The Morgan fingerprint density at radius 3 is 2.42 bits per heavy atom. The van der Waals surface area contributed by atoms with Gasteiger partial charge in [0.25, 0.3) is 0 Å². The van der Waals surface area contributed by atoms with Crippen LogP contribution in [-0.2, 0) is 29.6 Å². The number of carbonyl (C=O) groups excluding carboxylic acids is 1. The summed E-state index contributed by atoms with van der Waals surface area (Å²) in [6.45, 7) is 2.70. The number of ether oxygens (including phenoxy) is 1. The average Bonchev–Trinajstić information content (AvgIpc) is 2.81. The summed E-state index contributed by atoms with van der Waals surface area (Å²) in [5.74, 6) is -0.732. The lowest BCUT2D eigenvalue weighted by molar-refractivity contribution is -0.116. The number of anilines is 1. The molecule has 24 heavy (non-hydrogen) atoms. The summed E-state index contributed by atoms with van der Waals surface area (Å²) in [5.41, 5.74) is 0.159. The Labute approximate surface area is 141 Å². The van der Waals surface area contributed by atoms with Crippen molar-refractivity contribution in [2.75, 3.05) is 29.8 Å². The molecule has 1 aromatic rings. The summed E-state index contributed by atoms with van der Waals surface area (Å²) in [6, 6.07) is 5.07. The van der Waals surface area contributed by atoms with Gasteiger partial charge in [-0.15, -0.1) is 0 Å². The lowest BCUT2D eigenvalue weighted by atomic mass is 10.3. The Morgan fingerprint density at radius 1 is 1.21 bits per heavy atom. The minimum Gasteiger partial charge on any atom is -0.378 e. The molecular weight excluding hydrogens is 356 g/mol. The molecule has 0 bridgehead atoms. The van der Waals surface area contributed by atoms with Gasteiger partial charge in [-0.1, -0.05) is 0 Å². The fourth-order valence-corrected chi connectivity index (χ4v) is 5.89. The first-order chi connectivity index (χ1) is 11.2. The Kier molecular flexibility index (Phi) is 4.41. The van der Waals surface area contributed by atoms with Gasteiger partial charge in [0.15, 0.2) is 0 Å². The van der Waals surface area contributed by atoms with Crippen LogP contribution in [0.2, 0.25) is 0 Å². The van der Waals surface area contributed by atoms with Gasteiger partial charge in [0.1, 0.15) is 0 Å². The first-order valence-corrected chi connectivity index (χ1v) is 10.5. The zero-order valence-corrected chi connectivity index (χ0v) is 14.7. The highest BCUT2D eigenvalue weighted by Crippen LogP contribution is 2.28. The highest BCUT2D eigenvalue weighted by Gasteiger charge is 2.37. The molecule has 0 aliphatic carbocycles. The van der Waals surface area contributed by atoms with E-state index < -0.39 is 26.0 Å². The maximum atomic E-state index is 12.7. The predicted molar refractivity (Wildman–Crippen MR) is 86.5 cm³/mol. The van der Waals surface area contributed by atoms with Gasteiger partial charge in [0.2, 0.25) is 26.0 Å². The van der Waals surface area contributed by atoms with Gasteiger partial charge >= 0.3 is 0 Å². The van der Waals surface area contributed by atoms with E-state index in [1.807, 2.05) is 0 Å². The molecule has 1 aromatic carbocycles. The molecule has 2 aliphatic heterocycles. The summed E-state index contributed by atoms with van der Waals surface area (Å²) in [5, 5.41) is 0. The number of sulfonamides is 2. The van der Waals surface area contributed by atoms with Crippen molar-refractivity contribution >= 4 is 31.6 Å². The lowest BCUT2D eigenvalue weighted by Gasteiger charge is -2.32. The van der Waals surface area contributed by atoms with Crippen molar-refractivity contribution in [3.63, 3.8) is 0 Å². The molecule has 132 valence electrons. The normalized spacial score (nSPS) is 25.1. The number of morpholine rings is 1. The Bertz CT molecular complexity index is 848. The van der Waals surface area contributed by atoms with Gasteiger partial charge in [-0.3, -0.25) is 4.79 Å². The van der Waals surface area contributed by atoms with E-state index in [0.29, 0.717) is 13.2 Å². The average molecular weight is 374 g/mol. The second-order valence-electron chi connectivity index (χ2n) is 5.76. The second-order valence-corrected chi connectivity index (χ2v) is 9.59. The van der Waals surface area contributed by atoms with Crippen LogP contribution in [0.3, 0.4) is 0 Å². The minimum absolute atomic E-state index is 0.0593. The second kappa shape index (κ2) is 6.10. The summed E-state index contributed by atoms with van der Waals surface area (Å²) in [7, 11) is -7.35. The van der Waals surface area contributed by atoms with E-state index >= 15 is 0 Å². The van der Waals surface area contributed by atoms with Gasteiger partial charge < -0.3 is 4.74 Å². The first kappa shape index (κ1) is 17.3. The number of hydrogen-bond acceptors (Lipinski definition) is 6. The Hall–Kier alpha value is -1.49. The molecule has 10 heteroatoms. The van der Waals surface area contributed by atoms with E-state index in [1.54, 1.807) is 6.92 Å². The SMILES string of the molecule is CC1COCCN1S(=O)(=O)c1ccc(N2C(=O)CCS2(=O)=O)cc1. The molecule has 2 fully saturated rings. The summed E-state index contributed by atoms with van der Waals surface area (Å²) < 4.78 is 56.6. The van der Waals surface area contributed by atoms with Gasteiger partial charge in [-0.05, 0) is 31.2 Å². The van der Waals surface area contributed by atoms with E-state index in [2.05, 4.69) is 0 Å². The summed E-state index contributed by atoms with van der Waals surface area (Å²) >= 11 is 0. The number of nitrogens with zero attached hydrogens (tertiary/aromatic N) is 2. The van der Waals surface area contributed by atoms with Crippen molar-refractivity contribution in [3.05, 3.63) is 24.3 Å². The first-order valence-electron chi connectivity index (χ1n) is 7.49. The molecule has 0 saturated carbocycles. The van der Waals surface area contributed by atoms with E-state index in [4.69, 9.17) is 4.74 Å². The Balaban J connectivity index is 1.91. The molecule has 1 amide bonds. The van der Waals surface area contributed by atoms with Crippen molar-refractivity contribution < 1.29 is 26.4 Å². The molecule has 1 unspecified atom stereocenters. The summed E-state index contributed by atoms with van der Waals surface area (Å²) in [6.07, 6.45) is -0.0618. The monoisotopic (exact) mass is 374 g/mol. The van der Waals surface area contributed by atoms with E-state index in [0.717, 1.165) is 4.31 Å². The maximum Gasteiger partial charge on any atom is 0.243 e. The fourth-order valence-electron chi connectivity index (χ4n) is 2.83. The summed E-state index contributed by atoms with van der Waals surface area (Å²) in [4.78, 5) is 11.8. The number of rotatable bonds is 3. The van der Waals surface area contributed by atoms with Crippen LogP contribution >= 0.6 is 0 Å². The number of carbonyl (C=O) groups is 1. The molecule has 2 heterocycles. The number of benzene rings is 1. The number of amides is 1. The van der Waals surface area contributed by atoms with Gasteiger partial charge in [0.05, 0.1) is 29.5 Å². The van der Waals surface area contributed by atoms with Gasteiger partial charge in [0, 0.05) is 19.0 Å². The van der Waals surface area contributed by atoms with Crippen LogP contribution < -0.4 is 4.31 Å². The largest absolute Gasteiger partial charge is 0.378 e. The third kappa shape index (κ3) is 2.94. The van der Waals surface area contributed by atoms with Crippen molar-refractivity contribution in [1.82, 2.24) is 4.31 Å². The third-order valence-corrected chi connectivity index (χ3v) is 7.78. The molecule has 1 atom stereocenters. The molecule has 0 N–H and O–H groups in total. The Morgan fingerprint density at radius 2 is 1.88 bits per heavy atom. The zero-order chi connectivity index (χ0) is 17.5. The molecule has 8 nitrogen and oxygen atoms in total. The molecule has 0 aromatic heterocycles. The lowest BCUT2D eigenvalue weighted by Crippen LogP contribution is -2.46. The fraction of sp³-hybridized carbons (Fsp3) is 0.500. The molecular formula is C14H18N2O6S2. The van der Waals surface area contributed by atoms with E-state index in [-0.39, 0.29) is 35.3 Å². The van der Waals surface area contributed by atoms with Crippen molar-refractivity contribution in [1.29, 1.82) is 0 Å². The van der Waals surface area contributed by atoms with Crippen LogP contribution in [0.4, 0.5) is 5.69 Å². The highest BCUT2D eigenvalue weighted by atomic mass is 32.2. The van der Waals surface area contributed by atoms with Crippen LogP contribution in [0.1, 0.15) is 13.3 Å². The van der Waals surface area contributed by atoms with E-state index in [9.17, 15) is 21.6 Å². The third-order valence-electron chi connectivity index (χ3n) is 4.06.